The van der Waals surface area contributed by atoms with Crippen LogP contribution in [0.5, 0.6) is 11.5 Å². The quantitative estimate of drug-likeness (QED) is 0.705. The summed E-state index contributed by atoms with van der Waals surface area (Å²) in [6.45, 7) is 7.30. The van der Waals surface area contributed by atoms with Gasteiger partial charge in [0, 0.05) is 17.0 Å². The minimum atomic E-state index is -0.489. The Hall–Kier alpha value is -2.76. The van der Waals surface area contributed by atoms with Crippen LogP contribution in [0.15, 0.2) is 22.2 Å². The predicted molar refractivity (Wildman–Crippen MR) is 98.8 cm³/mol. The number of carbonyl (C=O) groups is 1. The average molecular weight is 356 g/mol. The summed E-state index contributed by atoms with van der Waals surface area (Å²) in [5, 5.41) is 27.7. The van der Waals surface area contributed by atoms with Crippen LogP contribution < -0.4 is 5.32 Å². The second kappa shape index (κ2) is 6.86. The van der Waals surface area contributed by atoms with Gasteiger partial charge in [-0.2, -0.15) is 0 Å². The van der Waals surface area contributed by atoms with E-state index in [2.05, 4.69) is 16.5 Å². The molecule has 1 atom stereocenters. The highest BCUT2D eigenvalue weighted by atomic mass is 16.5. The van der Waals surface area contributed by atoms with E-state index < -0.39 is 5.91 Å². The third-order valence-corrected chi connectivity index (χ3v) is 5.07. The van der Waals surface area contributed by atoms with E-state index in [0.29, 0.717) is 16.8 Å². The fourth-order valence-corrected chi connectivity index (χ4v) is 3.49. The van der Waals surface area contributed by atoms with Crippen molar-refractivity contribution in [3.63, 3.8) is 0 Å². The average Bonchev–Trinajstić information content (AvgIpc) is 2.86. The van der Waals surface area contributed by atoms with Crippen LogP contribution in [0.3, 0.4) is 0 Å². The molecule has 1 heterocycles. The first-order valence-electron chi connectivity index (χ1n) is 8.76. The number of nitrogens with one attached hydrogen (secondary N) is 1. The van der Waals surface area contributed by atoms with Crippen LogP contribution in [0.1, 0.15) is 64.8 Å². The molecule has 6 heteroatoms. The molecule has 1 unspecified atom stereocenters. The molecule has 1 aliphatic carbocycles. The molecule has 138 valence electrons. The van der Waals surface area contributed by atoms with Crippen molar-refractivity contribution in [2.45, 2.75) is 52.9 Å². The maximum absolute atomic E-state index is 12.8. The lowest BCUT2D eigenvalue weighted by atomic mass is 9.83. The maximum atomic E-state index is 12.8. The summed E-state index contributed by atoms with van der Waals surface area (Å²) in [7, 11) is 0. The largest absolute Gasteiger partial charge is 0.507 e. The van der Waals surface area contributed by atoms with Crippen LogP contribution in [-0.2, 0) is 0 Å². The van der Waals surface area contributed by atoms with Gasteiger partial charge in [0.1, 0.15) is 11.5 Å². The fraction of sp³-hybridized carbons (Fsp3) is 0.400. The lowest BCUT2D eigenvalue weighted by molar-refractivity contribution is 0.102. The lowest BCUT2D eigenvalue weighted by Gasteiger charge is -2.23. The molecular weight excluding hydrogens is 332 g/mol. The second-order valence-corrected chi connectivity index (χ2v) is 7.04. The Bertz CT molecular complexity index is 896. The summed E-state index contributed by atoms with van der Waals surface area (Å²) in [6.07, 6.45) is 4.88. The van der Waals surface area contributed by atoms with E-state index in [1.54, 1.807) is 20.8 Å². The number of phenols is 2. The molecule has 0 saturated heterocycles. The van der Waals surface area contributed by atoms with Crippen LogP contribution in [0.25, 0.3) is 0 Å². The Balaban J connectivity index is 2.02. The van der Waals surface area contributed by atoms with Gasteiger partial charge in [-0.15, -0.1) is 0 Å². The van der Waals surface area contributed by atoms with E-state index in [1.807, 2.05) is 6.92 Å². The molecule has 3 N–H and O–H groups in total. The molecule has 0 aliphatic heterocycles. The van der Waals surface area contributed by atoms with E-state index in [4.69, 9.17) is 4.52 Å². The van der Waals surface area contributed by atoms with E-state index in [0.717, 1.165) is 24.8 Å². The predicted octanol–water partition coefficient (Wildman–Crippen LogP) is 4.48. The van der Waals surface area contributed by atoms with Crippen molar-refractivity contribution in [2.24, 2.45) is 0 Å². The van der Waals surface area contributed by atoms with Gasteiger partial charge in [-0.3, -0.25) is 10.1 Å². The number of hydrogen-bond acceptors (Lipinski definition) is 5. The number of amides is 1. The number of benzene rings is 1. The fourth-order valence-electron chi connectivity index (χ4n) is 3.49. The molecule has 1 aliphatic rings. The molecule has 0 spiro atoms. The number of anilines is 1. The molecule has 1 amide bonds. The van der Waals surface area contributed by atoms with Crippen molar-refractivity contribution in [2.75, 3.05) is 5.32 Å². The molecule has 0 radical (unpaired) electrons. The van der Waals surface area contributed by atoms with Gasteiger partial charge in [0.15, 0.2) is 0 Å². The van der Waals surface area contributed by atoms with E-state index >= 15 is 0 Å². The van der Waals surface area contributed by atoms with Crippen LogP contribution >= 0.6 is 0 Å². The topological polar surface area (TPSA) is 95.6 Å². The Morgan fingerprint density at radius 2 is 2.00 bits per heavy atom. The number of aromatic hydroxyl groups is 2. The third kappa shape index (κ3) is 3.19. The monoisotopic (exact) mass is 356 g/mol. The molecule has 0 saturated carbocycles. The molecule has 1 aromatic carbocycles. The Kier molecular flexibility index (Phi) is 4.76. The van der Waals surface area contributed by atoms with Crippen LogP contribution in [-0.4, -0.2) is 21.3 Å². The van der Waals surface area contributed by atoms with Crippen LogP contribution in [0.4, 0.5) is 5.88 Å². The van der Waals surface area contributed by atoms with E-state index in [-0.39, 0.29) is 28.9 Å². The van der Waals surface area contributed by atoms with Crippen molar-refractivity contribution in [1.82, 2.24) is 5.16 Å². The number of hydrogen-bond donors (Lipinski definition) is 3. The molecule has 26 heavy (non-hydrogen) atoms. The van der Waals surface area contributed by atoms with Crippen LogP contribution in [0.2, 0.25) is 0 Å². The second-order valence-electron chi connectivity index (χ2n) is 7.04. The summed E-state index contributed by atoms with van der Waals surface area (Å²) in [6, 6.07) is 1.53. The van der Waals surface area contributed by atoms with Crippen molar-refractivity contribution in [3.05, 3.63) is 45.7 Å². The van der Waals surface area contributed by atoms with Gasteiger partial charge < -0.3 is 14.7 Å². The molecule has 3 rings (SSSR count). The number of aryl methyl sites for hydroxylation is 2. The van der Waals surface area contributed by atoms with Gasteiger partial charge in [0.2, 0.25) is 5.88 Å². The molecule has 1 aromatic heterocycles. The zero-order valence-electron chi connectivity index (χ0n) is 15.5. The van der Waals surface area contributed by atoms with Crippen LogP contribution in [0, 0.1) is 20.8 Å². The third-order valence-electron chi connectivity index (χ3n) is 5.07. The molecule has 0 fully saturated rings. The number of carbonyl (C=O) groups excluding carboxylic acids is 1. The molecule has 6 nitrogen and oxygen atoms in total. The summed E-state index contributed by atoms with van der Waals surface area (Å²) >= 11 is 0. The summed E-state index contributed by atoms with van der Waals surface area (Å²) < 4.78 is 5.13. The van der Waals surface area contributed by atoms with Crippen molar-refractivity contribution < 1.29 is 19.5 Å². The zero-order chi connectivity index (χ0) is 19.0. The van der Waals surface area contributed by atoms with Gasteiger partial charge in [0.05, 0.1) is 11.3 Å². The highest BCUT2D eigenvalue weighted by Crippen LogP contribution is 2.43. The van der Waals surface area contributed by atoms with Gasteiger partial charge in [-0.25, -0.2) is 0 Å². The van der Waals surface area contributed by atoms with Gasteiger partial charge >= 0.3 is 0 Å². The first-order valence-corrected chi connectivity index (χ1v) is 8.76. The van der Waals surface area contributed by atoms with Crippen molar-refractivity contribution in [3.8, 4) is 11.5 Å². The summed E-state index contributed by atoms with van der Waals surface area (Å²) in [4.78, 5) is 12.8. The maximum Gasteiger partial charge on any atom is 0.262 e. The Morgan fingerprint density at radius 3 is 2.62 bits per heavy atom. The van der Waals surface area contributed by atoms with E-state index in [1.165, 1.54) is 11.6 Å². The Labute approximate surface area is 152 Å². The first kappa shape index (κ1) is 18.0. The minimum Gasteiger partial charge on any atom is -0.507 e. The zero-order valence-corrected chi connectivity index (χ0v) is 15.5. The number of rotatable bonds is 3. The minimum absolute atomic E-state index is 0.0131. The Morgan fingerprint density at radius 1 is 1.27 bits per heavy atom. The molecule has 2 aromatic rings. The van der Waals surface area contributed by atoms with E-state index in [9.17, 15) is 15.0 Å². The number of aromatic nitrogens is 1. The lowest BCUT2D eigenvalue weighted by Crippen LogP contribution is -2.15. The standard InChI is InChI=1S/C20H24N2O4/c1-10-6-5-7-14(8-10)17-15(23)9-11(2)16(18(17)24)19(25)21-20-12(3)13(4)22-26-20/h8-9,14,23-24H,5-7H2,1-4H3,(H,21,25). The SMILES string of the molecule is CC1=CC(c2c(O)cc(C)c(C(=O)Nc3onc(C)c3C)c2O)CCC1. The molecular formula is C20H24N2O4. The first-order chi connectivity index (χ1) is 12.3. The van der Waals surface area contributed by atoms with Gasteiger partial charge in [-0.05, 0) is 58.6 Å². The summed E-state index contributed by atoms with van der Waals surface area (Å²) in [5.41, 5.74) is 3.69. The number of allylic oxidation sites excluding steroid dienone is 2. The van der Waals surface area contributed by atoms with Crippen molar-refractivity contribution >= 4 is 11.8 Å². The van der Waals surface area contributed by atoms with Gasteiger partial charge in [0.25, 0.3) is 5.91 Å². The molecule has 0 bridgehead atoms. The number of nitrogens with zero attached hydrogens (tertiary/aromatic N) is 1. The van der Waals surface area contributed by atoms with Crippen molar-refractivity contribution in [1.29, 1.82) is 0 Å². The number of phenolic OH excluding ortho intramolecular Hbond substituents is 2. The van der Waals surface area contributed by atoms with Gasteiger partial charge in [-0.1, -0.05) is 16.8 Å². The highest BCUT2D eigenvalue weighted by Gasteiger charge is 2.27. The normalized spacial score (nSPS) is 17.1. The summed E-state index contributed by atoms with van der Waals surface area (Å²) in [5.74, 6) is -0.500. The highest BCUT2D eigenvalue weighted by molar-refractivity contribution is 6.07. The smallest absolute Gasteiger partial charge is 0.262 e.